The standard InChI is InChI=1S/C17H20N2O/c1-2-20-17-16(8-5-11-18-17)19-15-10-9-13-6-3-4-7-14(13)12-15/h3-8,11,15,19H,2,9-10,12H2,1H3. The van der Waals surface area contributed by atoms with Crippen molar-refractivity contribution >= 4 is 5.69 Å². The van der Waals surface area contributed by atoms with Crippen LogP contribution < -0.4 is 10.1 Å². The highest BCUT2D eigenvalue weighted by atomic mass is 16.5. The van der Waals surface area contributed by atoms with Crippen LogP contribution in [0, 0.1) is 0 Å². The normalized spacial score (nSPS) is 17.4. The van der Waals surface area contributed by atoms with Crippen molar-refractivity contribution in [1.29, 1.82) is 0 Å². The second-order valence-corrected chi connectivity index (χ2v) is 5.14. The first kappa shape index (κ1) is 13.0. The average molecular weight is 268 g/mol. The molecule has 3 heteroatoms. The molecule has 1 atom stereocenters. The maximum absolute atomic E-state index is 5.57. The summed E-state index contributed by atoms with van der Waals surface area (Å²) in [7, 11) is 0. The Morgan fingerprint density at radius 2 is 2.05 bits per heavy atom. The number of nitrogens with one attached hydrogen (secondary N) is 1. The van der Waals surface area contributed by atoms with E-state index in [9.17, 15) is 0 Å². The zero-order valence-corrected chi connectivity index (χ0v) is 11.8. The number of fused-ring (bicyclic) bond motifs is 1. The van der Waals surface area contributed by atoms with E-state index >= 15 is 0 Å². The molecule has 0 saturated carbocycles. The van der Waals surface area contributed by atoms with Crippen LogP contribution in [0.15, 0.2) is 42.6 Å². The molecule has 104 valence electrons. The van der Waals surface area contributed by atoms with Gasteiger partial charge in [0.05, 0.1) is 12.3 Å². The van der Waals surface area contributed by atoms with Gasteiger partial charge in [-0.2, -0.15) is 0 Å². The van der Waals surface area contributed by atoms with Crippen molar-refractivity contribution in [2.24, 2.45) is 0 Å². The highest BCUT2D eigenvalue weighted by Crippen LogP contribution is 2.27. The molecule has 1 aliphatic rings. The van der Waals surface area contributed by atoms with E-state index in [0.29, 0.717) is 18.5 Å². The van der Waals surface area contributed by atoms with E-state index in [1.807, 2.05) is 19.1 Å². The molecule has 0 saturated heterocycles. The third-order valence-electron chi connectivity index (χ3n) is 3.76. The third-order valence-corrected chi connectivity index (χ3v) is 3.76. The Bertz CT molecular complexity index is 583. The van der Waals surface area contributed by atoms with Crippen LogP contribution in [0.5, 0.6) is 5.88 Å². The van der Waals surface area contributed by atoms with Gasteiger partial charge in [-0.15, -0.1) is 0 Å². The van der Waals surface area contributed by atoms with Gasteiger partial charge in [0.15, 0.2) is 0 Å². The second kappa shape index (κ2) is 5.95. The van der Waals surface area contributed by atoms with Gasteiger partial charge in [0, 0.05) is 12.2 Å². The maximum atomic E-state index is 5.57. The number of aryl methyl sites for hydroxylation is 1. The summed E-state index contributed by atoms with van der Waals surface area (Å²) in [6.07, 6.45) is 5.12. The van der Waals surface area contributed by atoms with Crippen molar-refractivity contribution in [3.8, 4) is 5.88 Å². The number of ether oxygens (including phenoxy) is 1. The van der Waals surface area contributed by atoms with Gasteiger partial charge in [0.25, 0.3) is 0 Å². The Hall–Kier alpha value is -2.03. The molecule has 0 bridgehead atoms. The van der Waals surface area contributed by atoms with Gasteiger partial charge in [-0.3, -0.25) is 0 Å². The van der Waals surface area contributed by atoms with Gasteiger partial charge in [-0.05, 0) is 49.4 Å². The molecule has 1 heterocycles. The van der Waals surface area contributed by atoms with Gasteiger partial charge in [0.1, 0.15) is 0 Å². The lowest BCUT2D eigenvalue weighted by molar-refractivity contribution is 0.328. The zero-order chi connectivity index (χ0) is 13.8. The number of pyridine rings is 1. The molecule has 1 aromatic carbocycles. The summed E-state index contributed by atoms with van der Waals surface area (Å²) in [6.45, 7) is 2.62. The number of anilines is 1. The number of nitrogens with zero attached hydrogens (tertiary/aromatic N) is 1. The maximum Gasteiger partial charge on any atom is 0.237 e. The minimum absolute atomic E-state index is 0.452. The number of rotatable bonds is 4. The number of hydrogen-bond acceptors (Lipinski definition) is 3. The summed E-state index contributed by atoms with van der Waals surface area (Å²) < 4.78 is 5.57. The van der Waals surface area contributed by atoms with Crippen LogP contribution >= 0.6 is 0 Å². The first-order valence-corrected chi connectivity index (χ1v) is 7.28. The molecule has 1 N–H and O–H groups in total. The average Bonchev–Trinajstić information content (AvgIpc) is 2.49. The molecule has 1 aliphatic carbocycles. The lowest BCUT2D eigenvalue weighted by Crippen LogP contribution is -2.27. The fraction of sp³-hybridized carbons (Fsp3) is 0.353. The van der Waals surface area contributed by atoms with Crippen LogP contribution in [0.1, 0.15) is 24.5 Å². The molecular formula is C17H20N2O. The molecule has 1 unspecified atom stereocenters. The Balaban J connectivity index is 1.74. The van der Waals surface area contributed by atoms with Crippen LogP contribution in [0.25, 0.3) is 0 Å². The molecule has 3 nitrogen and oxygen atoms in total. The molecule has 3 rings (SSSR count). The van der Waals surface area contributed by atoms with Crippen molar-refractivity contribution in [3.05, 3.63) is 53.7 Å². The SMILES string of the molecule is CCOc1ncccc1NC1CCc2ccccc2C1. The largest absolute Gasteiger partial charge is 0.476 e. The predicted octanol–water partition coefficient (Wildman–Crippen LogP) is 3.45. The molecular weight excluding hydrogens is 248 g/mol. The Morgan fingerprint density at radius 1 is 1.20 bits per heavy atom. The van der Waals surface area contributed by atoms with E-state index in [1.54, 1.807) is 6.20 Å². The van der Waals surface area contributed by atoms with Gasteiger partial charge in [-0.1, -0.05) is 24.3 Å². The Morgan fingerprint density at radius 3 is 2.90 bits per heavy atom. The molecule has 0 aliphatic heterocycles. The topological polar surface area (TPSA) is 34.1 Å². The van der Waals surface area contributed by atoms with Crippen molar-refractivity contribution in [2.45, 2.75) is 32.2 Å². The zero-order valence-electron chi connectivity index (χ0n) is 11.8. The van der Waals surface area contributed by atoms with E-state index in [1.165, 1.54) is 11.1 Å². The highest BCUT2D eigenvalue weighted by Gasteiger charge is 2.19. The van der Waals surface area contributed by atoms with Crippen molar-refractivity contribution in [3.63, 3.8) is 0 Å². The first-order valence-electron chi connectivity index (χ1n) is 7.28. The van der Waals surface area contributed by atoms with Gasteiger partial charge in [0.2, 0.25) is 5.88 Å². The van der Waals surface area contributed by atoms with Crippen LogP contribution in [0.2, 0.25) is 0 Å². The minimum atomic E-state index is 0.452. The summed E-state index contributed by atoms with van der Waals surface area (Å²) in [5.41, 5.74) is 3.94. The van der Waals surface area contributed by atoms with Crippen LogP contribution in [-0.2, 0) is 12.8 Å². The highest BCUT2D eigenvalue weighted by molar-refractivity contribution is 5.53. The van der Waals surface area contributed by atoms with Gasteiger partial charge in [-0.25, -0.2) is 4.98 Å². The number of aromatic nitrogens is 1. The van der Waals surface area contributed by atoms with Crippen LogP contribution in [-0.4, -0.2) is 17.6 Å². The van der Waals surface area contributed by atoms with Crippen LogP contribution in [0.3, 0.4) is 0 Å². The minimum Gasteiger partial charge on any atom is -0.476 e. The monoisotopic (exact) mass is 268 g/mol. The summed E-state index contributed by atoms with van der Waals surface area (Å²) in [4.78, 5) is 4.29. The van der Waals surface area contributed by atoms with E-state index in [-0.39, 0.29) is 0 Å². The van der Waals surface area contributed by atoms with Crippen molar-refractivity contribution < 1.29 is 4.74 Å². The van der Waals surface area contributed by atoms with Crippen molar-refractivity contribution in [2.75, 3.05) is 11.9 Å². The molecule has 0 fully saturated rings. The molecule has 20 heavy (non-hydrogen) atoms. The summed E-state index contributed by atoms with van der Waals surface area (Å²) in [5, 5.41) is 3.59. The lowest BCUT2D eigenvalue weighted by Gasteiger charge is -2.26. The fourth-order valence-corrected chi connectivity index (χ4v) is 2.79. The molecule has 0 amide bonds. The number of hydrogen-bond donors (Lipinski definition) is 1. The van der Waals surface area contributed by atoms with E-state index in [2.05, 4.69) is 34.6 Å². The quantitative estimate of drug-likeness (QED) is 0.922. The van der Waals surface area contributed by atoms with Gasteiger partial charge >= 0.3 is 0 Å². The van der Waals surface area contributed by atoms with Crippen molar-refractivity contribution in [1.82, 2.24) is 4.98 Å². The molecule has 1 aromatic heterocycles. The summed E-state index contributed by atoms with van der Waals surface area (Å²) in [5.74, 6) is 0.703. The smallest absolute Gasteiger partial charge is 0.237 e. The Labute approximate surface area is 120 Å². The summed E-state index contributed by atoms with van der Waals surface area (Å²) in [6, 6.07) is 13.2. The predicted molar refractivity (Wildman–Crippen MR) is 81.3 cm³/mol. The second-order valence-electron chi connectivity index (χ2n) is 5.14. The first-order chi connectivity index (χ1) is 9.86. The Kier molecular flexibility index (Phi) is 3.86. The summed E-state index contributed by atoms with van der Waals surface area (Å²) >= 11 is 0. The van der Waals surface area contributed by atoms with E-state index < -0.39 is 0 Å². The fourth-order valence-electron chi connectivity index (χ4n) is 2.79. The van der Waals surface area contributed by atoms with Gasteiger partial charge < -0.3 is 10.1 Å². The lowest BCUT2D eigenvalue weighted by atomic mass is 9.88. The molecule has 0 spiro atoms. The molecule has 0 radical (unpaired) electrons. The van der Waals surface area contributed by atoms with E-state index in [0.717, 1.165) is 24.9 Å². The number of benzene rings is 1. The van der Waals surface area contributed by atoms with Crippen LogP contribution in [0.4, 0.5) is 5.69 Å². The molecule has 2 aromatic rings. The van der Waals surface area contributed by atoms with E-state index in [4.69, 9.17) is 4.74 Å². The third kappa shape index (κ3) is 2.77.